The number of alkyl halides is 3. The van der Waals surface area contributed by atoms with Crippen LogP contribution in [0.4, 0.5) is 13.2 Å². The molecule has 3 aliphatic heterocycles. The normalized spacial score (nSPS) is 24.7. The standard InChI is InChI=1S/C49H64F3N3O12/c1-6-8-10-22-47(23-11-9-7-2)65-39-36-26-48(45(61)53-27-32-15-13-17-34(25-32)43(59)54-35(29-56)19-21-38(58)64-46(3,4)5)41(44(60)63-36)55(67-42(48)40(39)66-47)28-33-16-12-14-31(24-33)18-20-37(57)62-30-49(50,51)52/h12-18,20,24-25,35-36,39-42,56H,6-11,19,21-23,26-30H2,1-5H3,(H,53,61)(H,54,59)/t35-,36?,39-,40-,41-,42+,48?/m0/s1. The van der Waals surface area contributed by atoms with Crippen molar-refractivity contribution >= 4 is 35.8 Å². The van der Waals surface area contributed by atoms with Crippen LogP contribution in [0.5, 0.6) is 0 Å². The molecule has 0 spiro atoms. The molecule has 3 saturated heterocycles. The van der Waals surface area contributed by atoms with Gasteiger partial charge in [-0.2, -0.15) is 18.2 Å². The van der Waals surface area contributed by atoms with Crippen molar-refractivity contribution in [3.63, 3.8) is 0 Å². The molecule has 15 nitrogen and oxygen atoms in total. The zero-order chi connectivity index (χ0) is 48.6. The monoisotopic (exact) mass is 943 g/mol. The molecule has 368 valence electrons. The van der Waals surface area contributed by atoms with E-state index in [1.807, 2.05) is 0 Å². The lowest BCUT2D eigenvalue weighted by Gasteiger charge is -2.48. The van der Waals surface area contributed by atoms with E-state index in [1.54, 1.807) is 69.3 Å². The number of aliphatic hydroxyl groups excluding tert-OH is 1. The molecule has 3 heterocycles. The summed E-state index contributed by atoms with van der Waals surface area (Å²) in [7, 11) is 0. The smallest absolute Gasteiger partial charge is 0.422 e. The molecular weight excluding hydrogens is 880 g/mol. The summed E-state index contributed by atoms with van der Waals surface area (Å²) in [5.41, 5.74) is -0.328. The summed E-state index contributed by atoms with van der Waals surface area (Å²) >= 11 is 0. The van der Waals surface area contributed by atoms with Crippen LogP contribution in [-0.4, -0.2) is 107 Å². The summed E-state index contributed by atoms with van der Waals surface area (Å²) in [5.74, 6) is -4.28. The summed E-state index contributed by atoms with van der Waals surface area (Å²) in [4.78, 5) is 73.7. The van der Waals surface area contributed by atoms with Crippen molar-refractivity contribution in [1.82, 2.24) is 15.7 Å². The number of aliphatic hydroxyl groups is 1. The molecule has 2 unspecified atom stereocenters. The highest BCUT2D eigenvalue weighted by Gasteiger charge is 2.76. The minimum absolute atomic E-state index is 0.00961. The highest BCUT2D eigenvalue weighted by molar-refractivity contribution is 5.95. The fraction of sp³-hybridized carbons (Fsp3) is 0.612. The molecule has 2 amide bonds. The van der Waals surface area contributed by atoms with Crippen LogP contribution in [-0.2, 0) is 60.8 Å². The number of amides is 2. The Labute approximate surface area is 389 Å². The molecule has 2 bridgehead atoms. The van der Waals surface area contributed by atoms with Crippen LogP contribution in [0.25, 0.3) is 6.08 Å². The van der Waals surface area contributed by atoms with Crippen molar-refractivity contribution in [2.75, 3.05) is 13.2 Å². The molecular formula is C49H64F3N3O12. The first-order valence-corrected chi connectivity index (χ1v) is 23.3. The number of rotatable bonds is 22. The predicted octanol–water partition coefficient (Wildman–Crippen LogP) is 6.78. The first kappa shape index (κ1) is 51.5. The number of halogens is 3. The fourth-order valence-electron chi connectivity index (χ4n) is 9.37. The molecule has 6 rings (SSSR count). The van der Waals surface area contributed by atoms with Crippen molar-refractivity contribution in [2.24, 2.45) is 5.41 Å². The molecule has 1 aliphatic carbocycles. The molecule has 1 saturated carbocycles. The number of nitrogens with zero attached hydrogens (tertiary/aromatic N) is 1. The van der Waals surface area contributed by atoms with Gasteiger partial charge in [-0.05, 0) is 74.9 Å². The lowest BCUT2D eigenvalue weighted by atomic mass is 9.62. The summed E-state index contributed by atoms with van der Waals surface area (Å²) < 4.78 is 67.4. The Hall–Kier alpha value is -4.88. The Morgan fingerprint density at radius 1 is 0.955 bits per heavy atom. The van der Waals surface area contributed by atoms with Gasteiger partial charge in [0.15, 0.2) is 18.4 Å². The number of carbonyl (C=O) groups excluding carboxylic acids is 5. The first-order valence-electron chi connectivity index (χ1n) is 23.3. The zero-order valence-corrected chi connectivity index (χ0v) is 38.9. The zero-order valence-electron chi connectivity index (χ0n) is 38.9. The number of hydroxylamine groups is 2. The first-order chi connectivity index (χ1) is 31.8. The molecule has 7 atom stereocenters. The summed E-state index contributed by atoms with van der Waals surface area (Å²) in [6, 6.07) is 11.3. The molecule has 3 N–H and O–H groups in total. The largest absolute Gasteiger partial charge is 0.460 e. The number of hydrogen-bond donors (Lipinski definition) is 3. The molecule has 4 fully saturated rings. The van der Waals surface area contributed by atoms with Crippen LogP contribution in [0, 0.1) is 5.41 Å². The summed E-state index contributed by atoms with van der Waals surface area (Å²) in [6.07, 6.45) is 1.17. The van der Waals surface area contributed by atoms with Crippen molar-refractivity contribution in [2.45, 2.75) is 172 Å². The van der Waals surface area contributed by atoms with Gasteiger partial charge in [0.2, 0.25) is 5.91 Å². The number of esters is 3. The predicted molar refractivity (Wildman–Crippen MR) is 236 cm³/mol. The van der Waals surface area contributed by atoms with E-state index in [1.165, 1.54) is 11.1 Å². The number of hydrogen-bond acceptors (Lipinski definition) is 13. The molecule has 2 aromatic rings. The lowest BCUT2D eigenvalue weighted by Crippen LogP contribution is -2.69. The van der Waals surface area contributed by atoms with Gasteiger partial charge in [-0.25, -0.2) is 4.79 Å². The fourth-order valence-corrected chi connectivity index (χ4v) is 9.37. The number of carbonyl (C=O) groups is 5. The van der Waals surface area contributed by atoms with Crippen molar-refractivity contribution < 1.29 is 70.8 Å². The Bertz CT molecular complexity index is 2100. The van der Waals surface area contributed by atoms with Gasteiger partial charge in [-0.1, -0.05) is 75.9 Å². The maximum Gasteiger partial charge on any atom is 0.422 e. The van der Waals surface area contributed by atoms with E-state index in [0.717, 1.165) is 44.6 Å². The molecule has 18 heteroatoms. The summed E-state index contributed by atoms with van der Waals surface area (Å²) in [5, 5.41) is 17.2. The molecule has 67 heavy (non-hydrogen) atoms. The second kappa shape index (κ2) is 22.0. The molecule has 4 aliphatic rings. The number of fused-ring (bicyclic) bond motifs is 4. The van der Waals surface area contributed by atoms with Gasteiger partial charge in [0.05, 0.1) is 19.2 Å². The van der Waals surface area contributed by atoms with Crippen molar-refractivity contribution in [3.05, 3.63) is 76.9 Å². The van der Waals surface area contributed by atoms with Crippen LogP contribution in [0.1, 0.15) is 132 Å². The Morgan fingerprint density at radius 2 is 1.64 bits per heavy atom. The Kier molecular flexibility index (Phi) is 16.9. The van der Waals surface area contributed by atoms with E-state index in [2.05, 4.69) is 29.2 Å². The minimum Gasteiger partial charge on any atom is -0.460 e. The van der Waals surface area contributed by atoms with Crippen LogP contribution < -0.4 is 10.6 Å². The van der Waals surface area contributed by atoms with Crippen LogP contribution in [0.15, 0.2) is 54.6 Å². The Balaban J connectivity index is 1.24. The number of benzene rings is 2. The topological polar surface area (TPSA) is 188 Å². The van der Waals surface area contributed by atoms with E-state index in [4.69, 9.17) is 23.8 Å². The highest BCUT2D eigenvalue weighted by atomic mass is 19.4. The van der Waals surface area contributed by atoms with Crippen LogP contribution in [0.3, 0.4) is 0 Å². The second-order valence-corrected chi connectivity index (χ2v) is 18.9. The van der Waals surface area contributed by atoms with Crippen molar-refractivity contribution in [3.8, 4) is 0 Å². The third-order valence-corrected chi connectivity index (χ3v) is 12.4. The average molecular weight is 944 g/mol. The van der Waals surface area contributed by atoms with Gasteiger partial charge in [0.1, 0.15) is 35.4 Å². The van der Waals surface area contributed by atoms with E-state index in [0.29, 0.717) is 29.5 Å². The van der Waals surface area contributed by atoms with Crippen LogP contribution >= 0.6 is 0 Å². The number of ether oxygens (including phenoxy) is 5. The van der Waals surface area contributed by atoms with E-state index < -0.39 is 102 Å². The maximum absolute atomic E-state index is 15.0. The van der Waals surface area contributed by atoms with Gasteiger partial charge in [0, 0.05) is 43.9 Å². The van der Waals surface area contributed by atoms with E-state index >= 15 is 4.79 Å². The third-order valence-electron chi connectivity index (χ3n) is 12.4. The molecule has 0 radical (unpaired) electrons. The third kappa shape index (κ3) is 13.0. The number of nitrogens with one attached hydrogen (secondary N) is 2. The SMILES string of the molecule is CCCCCC1(CCCCC)O[C@@H]2[C@H]3ON(Cc4cccc(C=CC(=O)OCC(F)(F)F)c4)[C@H]4C(=O)OC(CC34C(=O)NCc3cccc(C(=O)N[C@H](CO)CCC(=O)OC(C)(C)C)c3)[C@@H]2O1. The summed E-state index contributed by atoms with van der Waals surface area (Å²) in [6.45, 7) is 7.28. The van der Waals surface area contributed by atoms with Crippen LogP contribution in [0.2, 0.25) is 0 Å². The second-order valence-electron chi connectivity index (χ2n) is 18.9. The van der Waals surface area contributed by atoms with Gasteiger partial charge < -0.3 is 39.4 Å². The van der Waals surface area contributed by atoms with Crippen molar-refractivity contribution in [1.29, 1.82) is 0 Å². The molecule has 0 aromatic heterocycles. The maximum atomic E-state index is 15.0. The lowest BCUT2D eigenvalue weighted by molar-refractivity contribution is -0.224. The van der Waals surface area contributed by atoms with Gasteiger partial charge in [-0.15, -0.1) is 0 Å². The van der Waals surface area contributed by atoms with E-state index in [9.17, 15) is 37.5 Å². The van der Waals surface area contributed by atoms with E-state index in [-0.39, 0.29) is 37.9 Å². The Morgan fingerprint density at radius 3 is 2.31 bits per heavy atom. The van der Waals surface area contributed by atoms with Gasteiger partial charge >= 0.3 is 24.1 Å². The highest BCUT2D eigenvalue weighted by Crippen LogP contribution is 2.58. The molecule has 2 aromatic carbocycles. The van der Waals surface area contributed by atoms with Gasteiger partial charge in [0.25, 0.3) is 5.91 Å². The quantitative estimate of drug-likeness (QED) is 0.0486. The number of unbranched alkanes of at least 4 members (excludes halogenated alkanes) is 4. The average Bonchev–Trinajstić information content (AvgIpc) is 3.83. The minimum atomic E-state index is -4.67. The van der Waals surface area contributed by atoms with Gasteiger partial charge in [-0.3, -0.25) is 24.0 Å².